The second-order valence-corrected chi connectivity index (χ2v) is 18.4. The van der Waals surface area contributed by atoms with Gasteiger partial charge in [-0.25, -0.2) is 17.2 Å². The van der Waals surface area contributed by atoms with Crippen LogP contribution in [0.3, 0.4) is 0 Å². The molecule has 1 aromatic carbocycles. The molecule has 12 heteroatoms. The number of rotatable bonds is 9. The van der Waals surface area contributed by atoms with Crippen molar-refractivity contribution in [1.82, 2.24) is 4.90 Å². The van der Waals surface area contributed by atoms with Crippen LogP contribution in [0.2, 0.25) is 18.1 Å². The summed E-state index contributed by atoms with van der Waals surface area (Å²) in [6.45, 7) is 11.5. The Hall–Kier alpha value is -1.38. The van der Waals surface area contributed by atoms with Crippen molar-refractivity contribution >= 4 is 52.6 Å². The Balaban J connectivity index is 2.31. The quantitative estimate of drug-likeness (QED) is 0.184. The van der Waals surface area contributed by atoms with Gasteiger partial charge in [-0.05, 0) is 66.2 Å². The van der Waals surface area contributed by atoms with Crippen LogP contribution >= 0.6 is 22.6 Å². The SMILES string of the molecule is C[C@@H](O[Si](C)(C)C(C)(C)C)[C@@H]1C(=O)N(CC(=O)O)[C@@H]1C/C=C(/I)S(=O)(=O)c1ccc(F)cc1F. The molecule has 7 nitrogen and oxygen atoms in total. The highest BCUT2D eigenvalue weighted by Gasteiger charge is 2.52. The van der Waals surface area contributed by atoms with E-state index in [1.165, 1.54) is 11.0 Å². The second kappa shape index (κ2) is 10.3. The zero-order valence-electron chi connectivity index (χ0n) is 19.9. The lowest BCUT2D eigenvalue weighted by molar-refractivity contribution is -0.168. The van der Waals surface area contributed by atoms with Crippen molar-refractivity contribution < 1.29 is 36.3 Å². The Kier molecular flexibility index (Phi) is 8.75. The first kappa shape index (κ1) is 28.9. The Morgan fingerprint density at radius 3 is 2.41 bits per heavy atom. The van der Waals surface area contributed by atoms with Gasteiger partial charge in [-0.1, -0.05) is 26.8 Å². The number of hydrogen-bond acceptors (Lipinski definition) is 5. The van der Waals surface area contributed by atoms with Gasteiger partial charge in [0.2, 0.25) is 15.7 Å². The van der Waals surface area contributed by atoms with E-state index in [0.29, 0.717) is 6.07 Å². The number of carbonyl (C=O) groups excluding carboxylic acids is 1. The Morgan fingerprint density at radius 2 is 1.91 bits per heavy atom. The molecule has 0 aromatic heterocycles. The molecule has 0 unspecified atom stereocenters. The van der Waals surface area contributed by atoms with Crippen molar-refractivity contribution in [2.24, 2.45) is 5.92 Å². The first-order valence-electron chi connectivity index (χ1n) is 10.7. The maximum absolute atomic E-state index is 14.1. The van der Waals surface area contributed by atoms with Crippen molar-refractivity contribution in [3.63, 3.8) is 0 Å². The molecule has 1 heterocycles. The lowest BCUT2D eigenvalue weighted by Gasteiger charge is -2.50. The van der Waals surface area contributed by atoms with Crippen molar-refractivity contribution in [2.75, 3.05) is 6.54 Å². The van der Waals surface area contributed by atoms with Crippen LogP contribution in [0.4, 0.5) is 8.78 Å². The number of benzene rings is 1. The Labute approximate surface area is 213 Å². The molecule has 0 aliphatic carbocycles. The van der Waals surface area contributed by atoms with E-state index >= 15 is 0 Å². The molecular weight excluding hydrogens is 599 g/mol. The summed E-state index contributed by atoms with van der Waals surface area (Å²) in [6, 6.07) is 1.61. The zero-order chi connectivity index (χ0) is 26.2. The van der Waals surface area contributed by atoms with E-state index in [2.05, 4.69) is 20.8 Å². The normalized spacial score (nSPS) is 20.8. The van der Waals surface area contributed by atoms with Crippen LogP contribution < -0.4 is 0 Å². The number of likely N-dealkylation sites (tertiary alicyclic amines) is 1. The summed E-state index contributed by atoms with van der Waals surface area (Å²) in [5.74, 6) is -4.29. The fourth-order valence-corrected chi connectivity index (χ4v) is 7.08. The average molecular weight is 630 g/mol. The van der Waals surface area contributed by atoms with Gasteiger partial charge in [0, 0.05) is 12.1 Å². The van der Waals surface area contributed by atoms with Crippen molar-refractivity contribution in [1.29, 1.82) is 0 Å². The molecule has 0 radical (unpaired) electrons. The van der Waals surface area contributed by atoms with Gasteiger partial charge in [0.25, 0.3) is 0 Å². The third-order valence-corrected chi connectivity index (χ3v) is 14.8. The minimum atomic E-state index is -4.24. The second-order valence-electron chi connectivity index (χ2n) is 9.86. The van der Waals surface area contributed by atoms with Gasteiger partial charge in [-0.3, -0.25) is 9.59 Å². The maximum atomic E-state index is 14.1. The molecule has 190 valence electrons. The summed E-state index contributed by atoms with van der Waals surface area (Å²) >= 11 is 1.55. The number of carbonyl (C=O) groups is 2. The summed E-state index contributed by atoms with van der Waals surface area (Å²) in [5, 5.41) is 9.10. The molecule has 0 spiro atoms. The van der Waals surface area contributed by atoms with Gasteiger partial charge in [-0.2, -0.15) is 0 Å². The van der Waals surface area contributed by atoms with Gasteiger partial charge in [-0.15, -0.1) is 0 Å². The number of amides is 1. The highest BCUT2D eigenvalue weighted by Crippen LogP contribution is 2.41. The van der Waals surface area contributed by atoms with Crippen LogP contribution in [0.5, 0.6) is 0 Å². The van der Waals surface area contributed by atoms with E-state index in [4.69, 9.17) is 4.43 Å². The Bertz CT molecular complexity index is 1100. The van der Waals surface area contributed by atoms with Gasteiger partial charge >= 0.3 is 5.97 Å². The molecule has 1 aliphatic rings. The molecule has 1 aliphatic heterocycles. The summed E-state index contributed by atoms with van der Waals surface area (Å²) in [5.41, 5.74) is 0. The number of carboxylic acids is 1. The predicted molar refractivity (Wildman–Crippen MR) is 135 cm³/mol. The topological polar surface area (TPSA) is 101 Å². The molecule has 1 aromatic rings. The lowest BCUT2D eigenvalue weighted by atomic mass is 9.81. The zero-order valence-corrected chi connectivity index (χ0v) is 23.9. The molecular formula is C22H30F2INO6SSi. The van der Waals surface area contributed by atoms with Crippen molar-refractivity contribution in [2.45, 2.75) is 69.3 Å². The van der Waals surface area contributed by atoms with Crippen molar-refractivity contribution in [3.05, 3.63) is 38.8 Å². The number of sulfone groups is 1. The number of β-lactam (4-membered cyclic amide) rings is 1. The summed E-state index contributed by atoms with van der Waals surface area (Å²) in [6.07, 6.45) is 0.868. The van der Waals surface area contributed by atoms with Crippen LogP contribution in [-0.2, 0) is 23.9 Å². The smallest absolute Gasteiger partial charge is 0.323 e. The molecule has 1 fully saturated rings. The van der Waals surface area contributed by atoms with Crippen LogP contribution in [0, 0.1) is 17.6 Å². The monoisotopic (exact) mass is 629 g/mol. The summed E-state index contributed by atoms with van der Waals surface area (Å²) in [4.78, 5) is 24.6. The molecule has 2 rings (SSSR count). The van der Waals surface area contributed by atoms with Gasteiger partial charge < -0.3 is 14.4 Å². The highest BCUT2D eigenvalue weighted by molar-refractivity contribution is 14.1. The van der Waals surface area contributed by atoms with E-state index < -0.39 is 65.3 Å². The van der Waals surface area contributed by atoms with Gasteiger partial charge in [0.15, 0.2) is 8.32 Å². The van der Waals surface area contributed by atoms with Crippen LogP contribution in [0.25, 0.3) is 0 Å². The first-order chi connectivity index (χ1) is 15.4. The lowest BCUT2D eigenvalue weighted by Crippen LogP contribution is -2.66. The molecule has 0 saturated carbocycles. The fourth-order valence-electron chi connectivity index (χ4n) is 3.60. The molecule has 34 heavy (non-hydrogen) atoms. The van der Waals surface area contributed by atoms with Crippen LogP contribution in [0.1, 0.15) is 34.1 Å². The third kappa shape index (κ3) is 6.05. The van der Waals surface area contributed by atoms with Crippen LogP contribution in [0.15, 0.2) is 32.1 Å². The van der Waals surface area contributed by atoms with Crippen molar-refractivity contribution in [3.8, 4) is 0 Å². The standard InChI is InChI=1S/C22H30F2INO6SSi/c1-13(32-34(5,6)22(2,3)4)20-16(26(21(20)29)12-19(27)28)8-10-18(25)33(30,31)17-9-7-14(23)11-15(17)24/h7,9-11,13,16,20H,8,12H2,1-6H3,(H,27,28)/b18-10-/t13-,16-,20+/m1/s1. The molecule has 0 bridgehead atoms. The van der Waals surface area contributed by atoms with E-state index in [0.717, 1.165) is 12.1 Å². The molecule has 3 atom stereocenters. The van der Waals surface area contributed by atoms with Crippen LogP contribution in [-0.4, -0.2) is 57.3 Å². The first-order valence-corrected chi connectivity index (χ1v) is 16.1. The van der Waals surface area contributed by atoms with Gasteiger partial charge in [0.1, 0.15) is 26.0 Å². The average Bonchev–Trinajstić information content (AvgIpc) is 2.66. The molecule has 1 N–H and O–H groups in total. The predicted octanol–water partition coefficient (Wildman–Crippen LogP) is 4.73. The molecule has 1 amide bonds. The highest BCUT2D eigenvalue weighted by atomic mass is 127. The number of nitrogens with zero attached hydrogens (tertiary/aromatic N) is 1. The number of carboxylic acid groups (broad SMARTS) is 1. The minimum Gasteiger partial charge on any atom is -0.480 e. The van der Waals surface area contributed by atoms with Gasteiger partial charge in [0.05, 0.1) is 12.0 Å². The molecule has 1 saturated heterocycles. The number of halogens is 3. The van der Waals surface area contributed by atoms with E-state index in [9.17, 15) is 31.9 Å². The number of aliphatic carboxylic acids is 1. The largest absolute Gasteiger partial charge is 0.480 e. The van der Waals surface area contributed by atoms with E-state index in [1.54, 1.807) is 29.5 Å². The maximum Gasteiger partial charge on any atom is 0.323 e. The van der Waals surface area contributed by atoms with E-state index in [-0.39, 0.29) is 20.3 Å². The number of hydrogen-bond donors (Lipinski definition) is 1. The summed E-state index contributed by atoms with van der Waals surface area (Å²) in [7, 11) is -6.47. The third-order valence-electron chi connectivity index (χ3n) is 6.44. The summed E-state index contributed by atoms with van der Waals surface area (Å²) < 4.78 is 59.0. The fraction of sp³-hybridized carbons (Fsp3) is 0.545. The minimum absolute atomic E-state index is 0.0369. The van der Waals surface area contributed by atoms with E-state index in [1.807, 2.05) is 13.1 Å². The Morgan fingerprint density at radius 1 is 1.32 bits per heavy atom.